The van der Waals surface area contributed by atoms with E-state index < -0.39 is 0 Å². The van der Waals surface area contributed by atoms with E-state index in [1.54, 1.807) is 0 Å². The Hall–Kier alpha value is -0.930. The third kappa shape index (κ3) is 2.54. The Balaban J connectivity index is 2.14. The highest BCUT2D eigenvalue weighted by Crippen LogP contribution is 2.44. The Bertz CT molecular complexity index is 651. The molecule has 2 aromatic rings. The van der Waals surface area contributed by atoms with Gasteiger partial charge in [-0.15, -0.1) is 0 Å². The fourth-order valence-electron chi connectivity index (χ4n) is 2.25. The van der Waals surface area contributed by atoms with Gasteiger partial charge in [0.1, 0.15) is 5.15 Å². The van der Waals surface area contributed by atoms with E-state index in [9.17, 15) is 0 Å². The summed E-state index contributed by atoms with van der Waals surface area (Å²) < 4.78 is 0.852. The smallest absolute Gasteiger partial charge is 0.161 e. The van der Waals surface area contributed by atoms with Crippen LogP contribution in [0, 0.1) is 13.8 Å². The summed E-state index contributed by atoms with van der Waals surface area (Å²) in [5.41, 5.74) is 4.53. The first-order valence-corrected chi connectivity index (χ1v) is 7.54. The van der Waals surface area contributed by atoms with Crippen molar-refractivity contribution in [1.29, 1.82) is 0 Å². The van der Waals surface area contributed by atoms with Crippen LogP contribution in [0.4, 0.5) is 0 Å². The first-order chi connectivity index (χ1) is 9.06. The second-order valence-electron chi connectivity index (χ2n) is 5.13. The Kier molecular flexibility index (Phi) is 3.35. The predicted molar refractivity (Wildman–Crippen MR) is 81.6 cm³/mol. The van der Waals surface area contributed by atoms with Gasteiger partial charge in [0.05, 0.1) is 10.2 Å². The van der Waals surface area contributed by atoms with E-state index in [0.29, 0.717) is 11.1 Å². The predicted octanol–water partition coefficient (Wildman–Crippen LogP) is 5.05. The molecule has 0 amide bonds. The van der Waals surface area contributed by atoms with E-state index in [1.807, 2.05) is 0 Å². The van der Waals surface area contributed by atoms with Crippen molar-refractivity contribution < 1.29 is 0 Å². The summed E-state index contributed by atoms with van der Waals surface area (Å²) in [5, 5.41) is 0.506. The van der Waals surface area contributed by atoms with Gasteiger partial charge >= 0.3 is 0 Å². The molecule has 0 aliphatic heterocycles. The van der Waals surface area contributed by atoms with Gasteiger partial charge in [-0.05, 0) is 48.2 Å². The number of rotatable bonds is 2. The van der Waals surface area contributed by atoms with Gasteiger partial charge in [-0.1, -0.05) is 35.4 Å². The summed E-state index contributed by atoms with van der Waals surface area (Å²) in [7, 11) is 0. The molecule has 1 saturated carbocycles. The second-order valence-corrected chi connectivity index (χ2v) is 6.28. The monoisotopic (exact) mass is 336 g/mol. The third-order valence-corrected chi connectivity index (χ3v) is 4.71. The van der Waals surface area contributed by atoms with Crippen LogP contribution in [0.15, 0.2) is 22.7 Å². The largest absolute Gasteiger partial charge is 0.231 e. The third-order valence-electron chi connectivity index (χ3n) is 3.42. The number of hydrogen-bond donors (Lipinski definition) is 0. The Morgan fingerprint density at radius 3 is 2.58 bits per heavy atom. The maximum atomic E-state index is 6.23. The maximum absolute atomic E-state index is 6.23. The molecule has 98 valence electrons. The highest BCUT2D eigenvalue weighted by molar-refractivity contribution is 9.10. The molecule has 1 aliphatic carbocycles. The van der Waals surface area contributed by atoms with Crippen LogP contribution in [-0.2, 0) is 0 Å². The molecule has 0 spiro atoms. The number of hydrogen-bond acceptors (Lipinski definition) is 2. The molecule has 4 heteroatoms. The first kappa shape index (κ1) is 13.1. The van der Waals surface area contributed by atoms with Crippen molar-refractivity contribution in [2.24, 2.45) is 0 Å². The maximum Gasteiger partial charge on any atom is 0.161 e. The van der Waals surface area contributed by atoms with E-state index in [0.717, 1.165) is 21.6 Å². The summed E-state index contributed by atoms with van der Waals surface area (Å²) in [6.07, 6.45) is 2.39. The second kappa shape index (κ2) is 4.88. The molecule has 0 radical (unpaired) electrons. The van der Waals surface area contributed by atoms with Crippen LogP contribution >= 0.6 is 27.5 Å². The van der Waals surface area contributed by atoms with Crippen LogP contribution in [0.2, 0.25) is 5.15 Å². The summed E-state index contributed by atoms with van der Waals surface area (Å²) in [6, 6.07) is 6.30. The lowest BCUT2D eigenvalue weighted by atomic mass is 10.1. The lowest BCUT2D eigenvalue weighted by molar-refractivity contribution is 0.978. The minimum Gasteiger partial charge on any atom is -0.231 e. The van der Waals surface area contributed by atoms with Crippen LogP contribution < -0.4 is 0 Å². The Morgan fingerprint density at radius 1 is 1.21 bits per heavy atom. The molecule has 1 aromatic carbocycles. The minimum absolute atomic E-state index is 0.506. The van der Waals surface area contributed by atoms with Gasteiger partial charge in [0, 0.05) is 11.5 Å². The number of benzene rings is 1. The highest BCUT2D eigenvalue weighted by Gasteiger charge is 2.29. The van der Waals surface area contributed by atoms with Crippen molar-refractivity contribution in [2.45, 2.75) is 32.6 Å². The van der Waals surface area contributed by atoms with Crippen LogP contribution in [0.3, 0.4) is 0 Å². The van der Waals surface area contributed by atoms with Crippen LogP contribution in [0.1, 0.15) is 35.6 Å². The quantitative estimate of drug-likeness (QED) is 0.716. The fourth-order valence-corrected chi connectivity index (χ4v) is 2.93. The zero-order valence-corrected chi connectivity index (χ0v) is 13.2. The Morgan fingerprint density at radius 2 is 1.95 bits per heavy atom. The molecule has 2 nitrogen and oxygen atoms in total. The normalized spacial score (nSPS) is 14.7. The SMILES string of the molecule is Cc1ccc(-c2nc(Cl)c(Br)c(C3CC3)n2)c(C)c1. The van der Waals surface area contributed by atoms with Gasteiger partial charge in [-0.2, -0.15) is 0 Å². The number of aromatic nitrogens is 2. The summed E-state index contributed by atoms with van der Waals surface area (Å²) in [6.45, 7) is 4.17. The van der Waals surface area contributed by atoms with E-state index in [1.165, 1.54) is 24.0 Å². The van der Waals surface area contributed by atoms with E-state index in [4.69, 9.17) is 16.6 Å². The van der Waals surface area contributed by atoms with Crippen molar-refractivity contribution in [3.8, 4) is 11.4 Å². The molecule has 0 atom stereocenters. The van der Waals surface area contributed by atoms with Crippen LogP contribution in [-0.4, -0.2) is 9.97 Å². The summed E-state index contributed by atoms with van der Waals surface area (Å²) >= 11 is 9.73. The summed E-state index contributed by atoms with van der Waals surface area (Å²) in [5.74, 6) is 1.27. The topological polar surface area (TPSA) is 25.8 Å². The molecule has 19 heavy (non-hydrogen) atoms. The molecule has 0 unspecified atom stereocenters. The molecule has 0 N–H and O–H groups in total. The number of aryl methyl sites for hydroxylation is 2. The van der Waals surface area contributed by atoms with Crippen molar-refractivity contribution in [3.63, 3.8) is 0 Å². The van der Waals surface area contributed by atoms with Gasteiger partial charge in [0.2, 0.25) is 0 Å². The van der Waals surface area contributed by atoms with E-state index in [-0.39, 0.29) is 0 Å². The molecule has 1 aliphatic rings. The Labute approximate surface area is 126 Å². The minimum atomic E-state index is 0.506. The standard InChI is InChI=1S/C15H14BrClN2/c1-8-3-6-11(9(2)7-8)15-18-13(10-4-5-10)12(16)14(17)19-15/h3,6-7,10H,4-5H2,1-2H3. The van der Waals surface area contributed by atoms with Gasteiger partial charge in [-0.3, -0.25) is 0 Å². The average molecular weight is 338 g/mol. The summed E-state index contributed by atoms with van der Waals surface area (Å²) in [4.78, 5) is 9.13. The molecular formula is C15H14BrClN2. The molecule has 3 rings (SSSR count). The van der Waals surface area contributed by atoms with Gasteiger partial charge < -0.3 is 0 Å². The highest BCUT2D eigenvalue weighted by atomic mass is 79.9. The average Bonchev–Trinajstić information content (AvgIpc) is 3.17. The lowest BCUT2D eigenvalue weighted by Crippen LogP contribution is -1.98. The zero-order chi connectivity index (χ0) is 13.6. The number of nitrogens with zero attached hydrogens (tertiary/aromatic N) is 2. The van der Waals surface area contributed by atoms with Crippen LogP contribution in [0.5, 0.6) is 0 Å². The molecular weight excluding hydrogens is 324 g/mol. The zero-order valence-electron chi connectivity index (χ0n) is 10.9. The van der Waals surface area contributed by atoms with E-state index in [2.05, 4.69) is 53.0 Å². The van der Waals surface area contributed by atoms with Crippen molar-refractivity contribution >= 4 is 27.5 Å². The molecule has 1 fully saturated rings. The van der Waals surface area contributed by atoms with Gasteiger partial charge in [-0.25, -0.2) is 9.97 Å². The van der Waals surface area contributed by atoms with Crippen molar-refractivity contribution in [2.75, 3.05) is 0 Å². The van der Waals surface area contributed by atoms with Crippen molar-refractivity contribution in [1.82, 2.24) is 9.97 Å². The first-order valence-electron chi connectivity index (χ1n) is 6.37. The van der Waals surface area contributed by atoms with Gasteiger partial charge in [0.25, 0.3) is 0 Å². The molecule has 0 saturated heterocycles. The molecule has 1 heterocycles. The fraction of sp³-hybridized carbons (Fsp3) is 0.333. The van der Waals surface area contributed by atoms with Crippen molar-refractivity contribution in [3.05, 3.63) is 44.6 Å². The lowest BCUT2D eigenvalue weighted by Gasteiger charge is -2.10. The van der Waals surface area contributed by atoms with Gasteiger partial charge in [0.15, 0.2) is 5.82 Å². The number of halogens is 2. The molecule has 1 aromatic heterocycles. The van der Waals surface area contributed by atoms with Crippen LogP contribution in [0.25, 0.3) is 11.4 Å². The van der Waals surface area contributed by atoms with E-state index >= 15 is 0 Å². The molecule has 0 bridgehead atoms.